The SMILES string of the molecule is NCC(NC(=O)CC(NC(=O)c1ccccc1)c1ccccc1)C1CC1. The maximum Gasteiger partial charge on any atom is 0.251 e. The number of hydrogen-bond acceptors (Lipinski definition) is 3. The largest absolute Gasteiger partial charge is 0.352 e. The van der Waals surface area contributed by atoms with E-state index in [1.165, 1.54) is 0 Å². The lowest BCUT2D eigenvalue weighted by atomic mass is 10.0. The van der Waals surface area contributed by atoms with E-state index in [0.29, 0.717) is 18.0 Å². The maximum atomic E-state index is 12.5. The third-order valence-corrected chi connectivity index (χ3v) is 4.72. The van der Waals surface area contributed by atoms with Crippen LogP contribution in [0.5, 0.6) is 0 Å². The van der Waals surface area contributed by atoms with Gasteiger partial charge >= 0.3 is 0 Å². The van der Waals surface area contributed by atoms with Gasteiger partial charge in [0.25, 0.3) is 5.91 Å². The summed E-state index contributed by atoms with van der Waals surface area (Å²) in [6, 6.07) is 18.2. The Morgan fingerprint density at radius 3 is 2.15 bits per heavy atom. The Bertz CT molecular complexity index is 729. The number of carbonyl (C=O) groups is 2. The Morgan fingerprint density at radius 2 is 1.58 bits per heavy atom. The van der Waals surface area contributed by atoms with Crippen LogP contribution in [0.1, 0.15) is 41.2 Å². The lowest BCUT2D eigenvalue weighted by Crippen LogP contribution is -2.43. The van der Waals surface area contributed by atoms with E-state index in [4.69, 9.17) is 5.73 Å². The molecule has 2 unspecified atom stereocenters. The first-order valence-corrected chi connectivity index (χ1v) is 9.07. The first-order chi connectivity index (χ1) is 12.7. The molecule has 0 aliphatic heterocycles. The molecule has 2 amide bonds. The van der Waals surface area contributed by atoms with Crippen molar-refractivity contribution >= 4 is 11.8 Å². The quantitative estimate of drug-likeness (QED) is 0.683. The highest BCUT2D eigenvalue weighted by atomic mass is 16.2. The number of amides is 2. The average molecular weight is 351 g/mol. The van der Waals surface area contributed by atoms with Crippen molar-refractivity contribution in [2.24, 2.45) is 11.7 Å². The summed E-state index contributed by atoms with van der Waals surface area (Å²) in [6.45, 7) is 0.447. The Labute approximate surface area is 154 Å². The van der Waals surface area contributed by atoms with Crippen molar-refractivity contribution < 1.29 is 9.59 Å². The summed E-state index contributed by atoms with van der Waals surface area (Å²) in [7, 11) is 0. The molecule has 3 rings (SSSR count). The summed E-state index contributed by atoms with van der Waals surface area (Å²) in [5.74, 6) is 0.220. The van der Waals surface area contributed by atoms with Crippen LogP contribution in [0.25, 0.3) is 0 Å². The first kappa shape index (κ1) is 18.1. The number of benzene rings is 2. The van der Waals surface area contributed by atoms with Crippen molar-refractivity contribution in [1.82, 2.24) is 10.6 Å². The van der Waals surface area contributed by atoms with Gasteiger partial charge in [0.15, 0.2) is 0 Å². The fourth-order valence-corrected chi connectivity index (χ4v) is 3.09. The summed E-state index contributed by atoms with van der Waals surface area (Å²) in [5, 5.41) is 6.01. The van der Waals surface area contributed by atoms with Gasteiger partial charge < -0.3 is 16.4 Å². The van der Waals surface area contributed by atoms with Gasteiger partial charge in [0.05, 0.1) is 12.5 Å². The van der Waals surface area contributed by atoms with E-state index in [1.54, 1.807) is 12.1 Å². The van der Waals surface area contributed by atoms with Gasteiger partial charge in [0, 0.05) is 18.2 Å². The van der Waals surface area contributed by atoms with Crippen LogP contribution in [0.2, 0.25) is 0 Å². The minimum absolute atomic E-state index is 0.0312. The third kappa shape index (κ3) is 4.92. The van der Waals surface area contributed by atoms with Crippen LogP contribution >= 0.6 is 0 Å². The first-order valence-electron chi connectivity index (χ1n) is 9.07. The summed E-state index contributed by atoms with van der Waals surface area (Å²) < 4.78 is 0. The monoisotopic (exact) mass is 351 g/mol. The summed E-state index contributed by atoms with van der Waals surface area (Å²) in [6.07, 6.45) is 2.43. The molecular formula is C21H25N3O2. The van der Waals surface area contributed by atoms with Crippen molar-refractivity contribution in [3.63, 3.8) is 0 Å². The molecule has 5 nitrogen and oxygen atoms in total. The van der Waals surface area contributed by atoms with E-state index < -0.39 is 0 Å². The molecule has 4 N–H and O–H groups in total. The van der Waals surface area contributed by atoms with Crippen molar-refractivity contribution in [3.05, 3.63) is 71.8 Å². The van der Waals surface area contributed by atoms with Gasteiger partial charge in [0.2, 0.25) is 5.91 Å². The summed E-state index contributed by atoms with van der Waals surface area (Å²) in [5.41, 5.74) is 7.26. The van der Waals surface area contributed by atoms with Crippen LogP contribution in [0, 0.1) is 5.92 Å². The predicted octanol–water partition coefficient (Wildman–Crippen LogP) is 2.40. The van der Waals surface area contributed by atoms with Crippen molar-refractivity contribution in [2.75, 3.05) is 6.54 Å². The lowest BCUT2D eigenvalue weighted by molar-refractivity contribution is -0.122. The molecule has 1 aliphatic carbocycles. The van der Waals surface area contributed by atoms with Gasteiger partial charge in [-0.1, -0.05) is 48.5 Å². The minimum atomic E-state index is -0.387. The lowest BCUT2D eigenvalue weighted by Gasteiger charge is -2.21. The maximum absolute atomic E-state index is 12.5. The Balaban J connectivity index is 1.69. The zero-order valence-electron chi connectivity index (χ0n) is 14.7. The molecule has 0 aromatic heterocycles. The molecule has 1 fully saturated rings. The van der Waals surface area contributed by atoms with Crippen LogP contribution in [0.4, 0.5) is 0 Å². The van der Waals surface area contributed by atoms with Crippen molar-refractivity contribution in [2.45, 2.75) is 31.3 Å². The second-order valence-electron chi connectivity index (χ2n) is 6.75. The minimum Gasteiger partial charge on any atom is -0.352 e. The van der Waals surface area contributed by atoms with Gasteiger partial charge in [0.1, 0.15) is 0 Å². The van der Waals surface area contributed by atoms with E-state index in [9.17, 15) is 9.59 Å². The highest BCUT2D eigenvalue weighted by Crippen LogP contribution is 2.32. The predicted molar refractivity (Wildman–Crippen MR) is 101 cm³/mol. The van der Waals surface area contributed by atoms with Crippen molar-refractivity contribution in [1.29, 1.82) is 0 Å². The molecule has 2 atom stereocenters. The molecule has 0 radical (unpaired) electrons. The standard InChI is InChI=1S/C21H25N3O2/c22-14-19(16-11-12-16)23-20(25)13-18(15-7-3-1-4-8-15)24-21(26)17-9-5-2-6-10-17/h1-10,16,18-19H,11-14,22H2,(H,23,25)(H,24,26). The van der Waals surface area contributed by atoms with Gasteiger partial charge in [-0.25, -0.2) is 0 Å². The van der Waals surface area contributed by atoms with Gasteiger partial charge in [-0.15, -0.1) is 0 Å². The highest BCUT2D eigenvalue weighted by molar-refractivity contribution is 5.94. The fourth-order valence-electron chi connectivity index (χ4n) is 3.09. The average Bonchev–Trinajstić information content (AvgIpc) is 3.52. The second kappa shape index (κ2) is 8.63. The van der Waals surface area contributed by atoms with Gasteiger partial charge in [-0.3, -0.25) is 9.59 Å². The number of carbonyl (C=O) groups excluding carboxylic acids is 2. The molecule has 2 aromatic rings. The van der Waals surface area contributed by atoms with Crippen LogP contribution in [-0.2, 0) is 4.79 Å². The molecule has 26 heavy (non-hydrogen) atoms. The number of nitrogens with two attached hydrogens (primary N) is 1. The van der Waals surface area contributed by atoms with Crippen LogP contribution in [-0.4, -0.2) is 24.4 Å². The topological polar surface area (TPSA) is 84.2 Å². The van der Waals surface area contributed by atoms with E-state index in [0.717, 1.165) is 18.4 Å². The molecule has 0 saturated heterocycles. The Hall–Kier alpha value is -2.66. The number of hydrogen-bond donors (Lipinski definition) is 3. The van der Waals surface area contributed by atoms with E-state index in [1.807, 2.05) is 48.5 Å². The summed E-state index contributed by atoms with van der Waals surface area (Å²) >= 11 is 0. The molecule has 1 saturated carbocycles. The Morgan fingerprint density at radius 1 is 0.962 bits per heavy atom. The van der Waals surface area contributed by atoms with Crippen LogP contribution in [0.3, 0.4) is 0 Å². The van der Waals surface area contributed by atoms with Gasteiger partial charge in [-0.05, 0) is 36.5 Å². The molecule has 1 aliphatic rings. The molecule has 5 heteroatoms. The molecule has 2 aromatic carbocycles. The van der Waals surface area contributed by atoms with Crippen LogP contribution in [0.15, 0.2) is 60.7 Å². The zero-order chi connectivity index (χ0) is 18.4. The molecule has 0 bridgehead atoms. The Kier molecular flexibility index (Phi) is 6.02. The van der Waals surface area contributed by atoms with E-state index >= 15 is 0 Å². The third-order valence-electron chi connectivity index (χ3n) is 4.72. The number of rotatable bonds is 8. The second-order valence-corrected chi connectivity index (χ2v) is 6.75. The van der Waals surface area contributed by atoms with E-state index in [2.05, 4.69) is 10.6 Å². The molecule has 136 valence electrons. The summed E-state index contributed by atoms with van der Waals surface area (Å²) in [4.78, 5) is 25.1. The fraction of sp³-hybridized carbons (Fsp3) is 0.333. The zero-order valence-corrected chi connectivity index (χ0v) is 14.7. The number of nitrogens with one attached hydrogen (secondary N) is 2. The molecular weight excluding hydrogens is 326 g/mol. The van der Waals surface area contributed by atoms with Gasteiger partial charge in [-0.2, -0.15) is 0 Å². The van der Waals surface area contributed by atoms with Crippen molar-refractivity contribution in [3.8, 4) is 0 Å². The normalized spacial score (nSPS) is 15.7. The van der Waals surface area contributed by atoms with Crippen LogP contribution < -0.4 is 16.4 Å². The highest BCUT2D eigenvalue weighted by Gasteiger charge is 2.31. The molecule has 0 spiro atoms. The smallest absolute Gasteiger partial charge is 0.251 e. The van der Waals surface area contributed by atoms with E-state index in [-0.39, 0.29) is 30.3 Å². The molecule has 0 heterocycles.